The summed E-state index contributed by atoms with van der Waals surface area (Å²) in [5.74, 6) is 0.0859. The Morgan fingerprint density at radius 3 is 2.86 bits per heavy atom. The van der Waals surface area contributed by atoms with Gasteiger partial charge >= 0.3 is 0 Å². The number of amides is 1. The Hall–Kier alpha value is -1.66. The van der Waals surface area contributed by atoms with Gasteiger partial charge in [-0.25, -0.2) is 4.98 Å². The van der Waals surface area contributed by atoms with E-state index in [4.69, 9.17) is 0 Å². The predicted octanol–water partition coefficient (Wildman–Crippen LogP) is 2.27. The van der Waals surface area contributed by atoms with Gasteiger partial charge in [0.1, 0.15) is 5.69 Å². The third kappa shape index (κ3) is 3.01. The van der Waals surface area contributed by atoms with Crippen molar-refractivity contribution in [1.29, 1.82) is 0 Å². The van der Waals surface area contributed by atoms with Gasteiger partial charge in [0.25, 0.3) is 5.91 Å². The minimum Gasteiger partial charge on any atom is -0.357 e. The van der Waals surface area contributed by atoms with Crippen LogP contribution in [0.4, 0.5) is 0 Å². The van der Waals surface area contributed by atoms with Gasteiger partial charge in [0, 0.05) is 36.3 Å². The molecule has 0 aromatic carbocycles. The fourth-order valence-electron chi connectivity index (χ4n) is 2.70. The van der Waals surface area contributed by atoms with E-state index < -0.39 is 0 Å². The third-order valence-corrected chi connectivity index (χ3v) is 4.79. The quantitative estimate of drug-likeness (QED) is 0.914. The summed E-state index contributed by atoms with van der Waals surface area (Å²) in [6.45, 7) is 3.61. The number of thiazole rings is 1. The molecule has 3 rings (SSSR count). The highest BCUT2D eigenvalue weighted by Gasteiger charge is 2.23. The highest BCUT2D eigenvalue weighted by Crippen LogP contribution is 2.23. The number of hydrogen-bond donors (Lipinski definition) is 2. The number of rotatable bonds is 3. The molecular formula is C15H20N4OS. The van der Waals surface area contributed by atoms with E-state index in [-0.39, 0.29) is 5.91 Å². The first-order valence-electron chi connectivity index (χ1n) is 7.25. The summed E-state index contributed by atoms with van der Waals surface area (Å²) in [5.41, 5.74) is 2.56. The van der Waals surface area contributed by atoms with Gasteiger partial charge in [-0.1, -0.05) is 0 Å². The molecule has 0 spiro atoms. The molecule has 0 bridgehead atoms. The average Bonchev–Trinajstić information content (AvgIpc) is 3.15. The minimum absolute atomic E-state index is 0.0859. The van der Waals surface area contributed by atoms with Crippen molar-refractivity contribution in [2.24, 2.45) is 0 Å². The molecule has 6 heteroatoms. The Balaban J connectivity index is 1.70. The first-order chi connectivity index (χ1) is 10.2. The Bertz CT molecular complexity index is 625. The fourth-order valence-corrected chi connectivity index (χ4v) is 3.33. The van der Waals surface area contributed by atoms with Gasteiger partial charge in [-0.2, -0.15) is 0 Å². The number of nitrogens with zero attached hydrogens (tertiary/aromatic N) is 2. The lowest BCUT2D eigenvalue weighted by atomic mass is 10.1. The molecule has 0 atom stereocenters. The molecule has 5 nitrogen and oxygen atoms in total. The summed E-state index contributed by atoms with van der Waals surface area (Å²) in [7, 11) is 1.98. The van der Waals surface area contributed by atoms with Crippen molar-refractivity contribution >= 4 is 17.2 Å². The van der Waals surface area contributed by atoms with Crippen LogP contribution in [-0.2, 0) is 0 Å². The first-order valence-corrected chi connectivity index (χ1v) is 8.13. The second kappa shape index (κ2) is 5.99. The molecule has 112 valence electrons. The van der Waals surface area contributed by atoms with Crippen molar-refractivity contribution in [2.75, 3.05) is 20.1 Å². The minimum atomic E-state index is 0.0859. The molecule has 3 heterocycles. The normalized spacial score (nSPS) is 16.4. The van der Waals surface area contributed by atoms with Crippen molar-refractivity contribution < 1.29 is 4.79 Å². The van der Waals surface area contributed by atoms with Gasteiger partial charge in [-0.15, -0.1) is 11.3 Å². The van der Waals surface area contributed by atoms with Crippen LogP contribution in [0.3, 0.4) is 0 Å². The molecule has 1 aliphatic heterocycles. The molecule has 0 aliphatic carbocycles. The summed E-state index contributed by atoms with van der Waals surface area (Å²) in [5, 5.41) is 6.33. The number of carbonyl (C=O) groups excluding carboxylic acids is 1. The van der Waals surface area contributed by atoms with Gasteiger partial charge in [0.15, 0.2) is 0 Å². The number of likely N-dealkylation sites (tertiary alicyclic amines) is 1. The molecule has 2 aromatic heterocycles. The van der Waals surface area contributed by atoms with E-state index in [0.29, 0.717) is 11.7 Å². The lowest BCUT2D eigenvalue weighted by Gasteiger charge is -2.31. The molecule has 0 radical (unpaired) electrons. The maximum absolute atomic E-state index is 12.5. The standard InChI is InChI=1S/C15H20N4OS/c1-10-18-14(9-21-10)11-7-13(17-8-11)15(20)19-5-3-12(16-2)4-6-19/h7-9,12,16-17H,3-6H2,1-2H3. The van der Waals surface area contributed by atoms with Gasteiger partial charge < -0.3 is 15.2 Å². The fraction of sp³-hybridized carbons (Fsp3) is 0.467. The number of aromatic amines is 1. The van der Waals surface area contributed by atoms with Crippen molar-refractivity contribution in [2.45, 2.75) is 25.8 Å². The maximum Gasteiger partial charge on any atom is 0.270 e. The zero-order valence-electron chi connectivity index (χ0n) is 12.3. The summed E-state index contributed by atoms with van der Waals surface area (Å²) in [4.78, 5) is 22.0. The van der Waals surface area contributed by atoms with E-state index in [1.165, 1.54) is 0 Å². The SMILES string of the molecule is CNC1CCN(C(=O)c2cc(-c3csc(C)n3)c[nH]2)CC1. The summed E-state index contributed by atoms with van der Waals surface area (Å²) in [6.07, 6.45) is 3.89. The monoisotopic (exact) mass is 304 g/mol. The van der Waals surface area contributed by atoms with Crippen molar-refractivity contribution in [1.82, 2.24) is 20.2 Å². The van der Waals surface area contributed by atoms with Gasteiger partial charge in [-0.3, -0.25) is 4.79 Å². The van der Waals surface area contributed by atoms with Crippen LogP contribution in [0.5, 0.6) is 0 Å². The largest absolute Gasteiger partial charge is 0.357 e. The number of hydrogen-bond acceptors (Lipinski definition) is 4. The molecule has 1 amide bonds. The lowest BCUT2D eigenvalue weighted by molar-refractivity contribution is 0.0702. The van der Waals surface area contributed by atoms with Crippen LogP contribution >= 0.6 is 11.3 Å². The van der Waals surface area contributed by atoms with E-state index in [1.54, 1.807) is 11.3 Å². The number of aryl methyl sites for hydroxylation is 1. The second-order valence-electron chi connectivity index (χ2n) is 5.41. The van der Waals surface area contributed by atoms with Crippen LogP contribution in [-0.4, -0.2) is 47.0 Å². The van der Waals surface area contributed by atoms with Crippen LogP contribution < -0.4 is 5.32 Å². The molecule has 1 fully saturated rings. The van der Waals surface area contributed by atoms with Crippen molar-refractivity contribution in [3.63, 3.8) is 0 Å². The number of H-pyrrole nitrogens is 1. The van der Waals surface area contributed by atoms with Crippen molar-refractivity contribution in [3.8, 4) is 11.3 Å². The average molecular weight is 304 g/mol. The van der Waals surface area contributed by atoms with Gasteiger partial charge in [0.05, 0.1) is 10.7 Å². The number of piperidine rings is 1. The lowest BCUT2D eigenvalue weighted by Crippen LogP contribution is -2.44. The van der Waals surface area contributed by atoms with Crippen molar-refractivity contribution in [3.05, 3.63) is 28.3 Å². The van der Waals surface area contributed by atoms with E-state index in [9.17, 15) is 4.79 Å². The van der Waals surface area contributed by atoms with Gasteiger partial charge in [0.2, 0.25) is 0 Å². The highest BCUT2D eigenvalue weighted by molar-refractivity contribution is 7.09. The Kier molecular flexibility index (Phi) is 4.07. The van der Waals surface area contributed by atoms with E-state index in [1.807, 2.05) is 36.5 Å². The third-order valence-electron chi connectivity index (χ3n) is 4.02. The number of nitrogens with one attached hydrogen (secondary N) is 2. The molecule has 1 aliphatic rings. The Morgan fingerprint density at radius 2 is 2.24 bits per heavy atom. The van der Waals surface area contributed by atoms with Crippen LogP contribution in [0.1, 0.15) is 28.3 Å². The van der Waals surface area contributed by atoms with E-state index >= 15 is 0 Å². The maximum atomic E-state index is 12.5. The van der Waals surface area contributed by atoms with Gasteiger partial charge in [-0.05, 0) is 32.9 Å². The van der Waals surface area contributed by atoms with Crippen LogP contribution in [0.25, 0.3) is 11.3 Å². The molecule has 21 heavy (non-hydrogen) atoms. The first kappa shape index (κ1) is 14.3. The second-order valence-corrected chi connectivity index (χ2v) is 6.47. The van der Waals surface area contributed by atoms with E-state index in [0.717, 1.165) is 42.2 Å². The topological polar surface area (TPSA) is 61.0 Å². The summed E-state index contributed by atoms with van der Waals surface area (Å²) in [6, 6.07) is 2.44. The molecule has 0 saturated carbocycles. The number of aromatic nitrogens is 2. The molecule has 2 aromatic rings. The summed E-state index contributed by atoms with van der Waals surface area (Å²) >= 11 is 1.62. The smallest absolute Gasteiger partial charge is 0.270 e. The zero-order chi connectivity index (χ0) is 14.8. The predicted molar refractivity (Wildman–Crippen MR) is 84.6 cm³/mol. The molecule has 0 unspecified atom stereocenters. The molecular weight excluding hydrogens is 284 g/mol. The number of carbonyl (C=O) groups is 1. The Morgan fingerprint density at radius 1 is 1.48 bits per heavy atom. The van der Waals surface area contributed by atoms with E-state index in [2.05, 4.69) is 15.3 Å². The summed E-state index contributed by atoms with van der Waals surface area (Å²) < 4.78 is 0. The highest BCUT2D eigenvalue weighted by atomic mass is 32.1. The molecule has 1 saturated heterocycles. The zero-order valence-corrected chi connectivity index (χ0v) is 13.2. The van der Waals surface area contributed by atoms with Crippen LogP contribution in [0.15, 0.2) is 17.6 Å². The van der Waals surface area contributed by atoms with Crippen LogP contribution in [0, 0.1) is 6.92 Å². The Labute approximate surface area is 128 Å². The molecule has 2 N–H and O–H groups in total. The van der Waals surface area contributed by atoms with Crippen LogP contribution in [0.2, 0.25) is 0 Å².